The second-order valence-electron chi connectivity index (χ2n) is 12.7. The first-order valence-electron chi connectivity index (χ1n) is 17.4. The van der Waals surface area contributed by atoms with Gasteiger partial charge in [0.05, 0.1) is 0 Å². The van der Waals surface area contributed by atoms with Gasteiger partial charge < -0.3 is 21.3 Å². The van der Waals surface area contributed by atoms with Gasteiger partial charge in [-0.15, -0.1) is 0 Å². The molecule has 8 aromatic rings. The van der Waals surface area contributed by atoms with Crippen molar-refractivity contribution in [2.24, 2.45) is 0 Å². The molecule has 0 radical (unpaired) electrons. The van der Waals surface area contributed by atoms with E-state index in [0.29, 0.717) is 5.69 Å². The maximum atomic E-state index is 6.50. The average molecular weight is 671 g/mol. The molecule has 250 valence electrons. The molecule has 4 N–H and O–H groups in total. The summed E-state index contributed by atoms with van der Waals surface area (Å²) in [6, 6.07) is 71.7. The lowest BCUT2D eigenvalue weighted by molar-refractivity contribution is 1.28. The van der Waals surface area contributed by atoms with E-state index in [1.807, 2.05) is 42.5 Å². The van der Waals surface area contributed by atoms with E-state index in [1.165, 1.54) is 0 Å². The minimum Gasteiger partial charge on any atom is -0.399 e. The highest BCUT2D eigenvalue weighted by Gasteiger charge is 2.19. The van der Waals surface area contributed by atoms with Gasteiger partial charge in [0.15, 0.2) is 0 Å². The summed E-state index contributed by atoms with van der Waals surface area (Å²) in [5.74, 6) is 0. The number of hydrogen-bond acceptors (Lipinski definition) is 4. The quantitative estimate of drug-likeness (QED) is 0.150. The second kappa shape index (κ2) is 14.4. The normalized spacial score (nSPS) is 10.8. The first kappa shape index (κ1) is 32.2. The SMILES string of the molecule is Nc1ccc(-c2cc(N(c3ccccc3)c3ccccc3)ccc2-c2ccc(N)cc2-c2ccc(N(c3ccccc3)c3ccccc3)cc2)cc1. The maximum Gasteiger partial charge on any atom is 0.0468 e. The van der Waals surface area contributed by atoms with E-state index in [1.54, 1.807) is 0 Å². The van der Waals surface area contributed by atoms with E-state index >= 15 is 0 Å². The number of rotatable bonds is 9. The molecule has 0 unspecified atom stereocenters. The first-order valence-corrected chi connectivity index (χ1v) is 17.4. The number of para-hydroxylation sites is 4. The number of anilines is 8. The van der Waals surface area contributed by atoms with Gasteiger partial charge >= 0.3 is 0 Å². The smallest absolute Gasteiger partial charge is 0.0468 e. The van der Waals surface area contributed by atoms with Crippen LogP contribution in [0.4, 0.5) is 45.5 Å². The minimum atomic E-state index is 0.711. The molecule has 0 amide bonds. The van der Waals surface area contributed by atoms with Gasteiger partial charge in [-0.25, -0.2) is 0 Å². The van der Waals surface area contributed by atoms with Crippen molar-refractivity contribution in [1.29, 1.82) is 0 Å². The highest BCUT2D eigenvalue weighted by atomic mass is 15.1. The van der Waals surface area contributed by atoms with E-state index in [-0.39, 0.29) is 0 Å². The number of benzene rings is 8. The van der Waals surface area contributed by atoms with Crippen LogP contribution in [0.1, 0.15) is 0 Å². The van der Waals surface area contributed by atoms with Crippen LogP contribution in [0.5, 0.6) is 0 Å². The lowest BCUT2D eigenvalue weighted by Crippen LogP contribution is -2.10. The van der Waals surface area contributed by atoms with E-state index in [9.17, 15) is 0 Å². The summed E-state index contributed by atoms with van der Waals surface area (Å²) in [7, 11) is 0. The molecule has 0 heterocycles. The molecular formula is C48H38N4. The zero-order chi connectivity index (χ0) is 35.3. The minimum absolute atomic E-state index is 0.711. The van der Waals surface area contributed by atoms with Crippen LogP contribution in [-0.2, 0) is 0 Å². The monoisotopic (exact) mass is 670 g/mol. The van der Waals surface area contributed by atoms with Crippen molar-refractivity contribution in [3.05, 3.63) is 206 Å². The Kier molecular flexibility index (Phi) is 8.94. The predicted octanol–water partition coefficient (Wildman–Crippen LogP) is 12.8. The van der Waals surface area contributed by atoms with Crippen LogP contribution in [0.3, 0.4) is 0 Å². The number of nitrogens with zero attached hydrogens (tertiary/aromatic N) is 2. The van der Waals surface area contributed by atoms with Gasteiger partial charge in [0, 0.05) is 45.5 Å². The summed E-state index contributed by atoms with van der Waals surface area (Å²) in [6.07, 6.45) is 0. The molecule has 0 fully saturated rings. The lowest BCUT2D eigenvalue weighted by atomic mass is 9.88. The molecular weight excluding hydrogens is 633 g/mol. The Labute approximate surface area is 305 Å². The molecule has 52 heavy (non-hydrogen) atoms. The van der Waals surface area contributed by atoms with Crippen molar-refractivity contribution in [2.45, 2.75) is 0 Å². The Morgan fingerprint density at radius 1 is 0.250 bits per heavy atom. The van der Waals surface area contributed by atoms with Crippen molar-refractivity contribution < 1.29 is 0 Å². The van der Waals surface area contributed by atoms with E-state index in [4.69, 9.17) is 11.5 Å². The molecule has 0 atom stereocenters. The largest absolute Gasteiger partial charge is 0.399 e. The van der Waals surface area contributed by atoms with Crippen molar-refractivity contribution >= 4 is 45.5 Å². The summed E-state index contributed by atoms with van der Waals surface area (Å²) in [5, 5.41) is 0. The third kappa shape index (κ3) is 6.61. The third-order valence-electron chi connectivity index (χ3n) is 9.31. The molecule has 0 aliphatic rings. The van der Waals surface area contributed by atoms with Crippen LogP contribution < -0.4 is 21.3 Å². The lowest BCUT2D eigenvalue weighted by Gasteiger charge is -2.27. The summed E-state index contributed by atoms with van der Waals surface area (Å²) in [5.41, 5.74) is 27.1. The van der Waals surface area contributed by atoms with E-state index < -0.39 is 0 Å². The Hall–Kier alpha value is -7.04. The van der Waals surface area contributed by atoms with Gasteiger partial charge in [0.25, 0.3) is 0 Å². The van der Waals surface area contributed by atoms with Crippen LogP contribution in [0.25, 0.3) is 33.4 Å². The first-order chi connectivity index (χ1) is 25.6. The Bertz CT molecular complexity index is 2310. The molecule has 4 heteroatoms. The van der Waals surface area contributed by atoms with Gasteiger partial charge in [-0.05, 0) is 130 Å². The fourth-order valence-electron chi connectivity index (χ4n) is 6.84. The standard InChI is InChI=1S/C48H38N4/c49-37-25-21-35(22-26-37)48-34-44(52(41-17-9-3-10-18-41)42-19-11-4-12-20-42)30-32-46(48)45-31-27-38(50)33-47(45)36-23-28-43(29-24-36)51(39-13-5-1-6-14-39)40-15-7-2-8-16-40/h1-34H,49-50H2. The maximum absolute atomic E-state index is 6.50. The fourth-order valence-corrected chi connectivity index (χ4v) is 6.84. The van der Waals surface area contributed by atoms with Crippen molar-refractivity contribution in [3.8, 4) is 33.4 Å². The number of nitrogens with two attached hydrogens (primary N) is 2. The van der Waals surface area contributed by atoms with E-state index in [2.05, 4.69) is 174 Å². The zero-order valence-electron chi connectivity index (χ0n) is 28.7. The molecule has 8 rings (SSSR count). The van der Waals surface area contributed by atoms with E-state index in [0.717, 1.165) is 73.2 Å². The van der Waals surface area contributed by atoms with Crippen molar-refractivity contribution in [2.75, 3.05) is 21.3 Å². The molecule has 8 aromatic carbocycles. The van der Waals surface area contributed by atoms with Crippen LogP contribution in [0.2, 0.25) is 0 Å². The van der Waals surface area contributed by atoms with Gasteiger partial charge in [0.1, 0.15) is 0 Å². The molecule has 0 aliphatic carbocycles. The summed E-state index contributed by atoms with van der Waals surface area (Å²) >= 11 is 0. The van der Waals surface area contributed by atoms with Gasteiger partial charge in [-0.1, -0.05) is 109 Å². The van der Waals surface area contributed by atoms with Gasteiger partial charge in [-0.2, -0.15) is 0 Å². The molecule has 0 bridgehead atoms. The van der Waals surface area contributed by atoms with Crippen molar-refractivity contribution in [3.63, 3.8) is 0 Å². The van der Waals surface area contributed by atoms with Crippen LogP contribution >= 0.6 is 0 Å². The third-order valence-corrected chi connectivity index (χ3v) is 9.31. The van der Waals surface area contributed by atoms with Crippen molar-refractivity contribution in [1.82, 2.24) is 0 Å². The molecule has 4 nitrogen and oxygen atoms in total. The molecule has 0 aliphatic heterocycles. The highest BCUT2D eigenvalue weighted by molar-refractivity contribution is 5.95. The van der Waals surface area contributed by atoms with Gasteiger partial charge in [-0.3, -0.25) is 0 Å². The number of hydrogen-bond donors (Lipinski definition) is 2. The molecule has 0 saturated carbocycles. The zero-order valence-corrected chi connectivity index (χ0v) is 28.7. The topological polar surface area (TPSA) is 58.5 Å². The Balaban J connectivity index is 1.26. The summed E-state index contributed by atoms with van der Waals surface area (Å²) in [4.78, 5) is 4.56. The highest BCUT2D eigenvalue weighted by Crippen LogP contribution is 2.44. The second-order valence-corrected chi connectivity index (χ2v) is 12.7. The van der Waals surface area contributed by atoms with Crippen LogP contribution in [0, 0.1) is 0 Å². The Morgan fingerprint density at radius 3 is 1.04 bits per heavy atom. The fraction of sp³-hybridized carbons (Fsp3) is 0. The summed E-state index contributed by atoms with van der Waals surface area (Å²) < 4.78 is 0. The summed E-state index contributed by atoms with van der Waals surface area (Å²) in [6.45, 7) is 0. The molecule has 0 aromatic heterocycles. The average Bonchev–Trinajstić information content (AvgIpc) is 3.20. The predicted molar refractivity (Wildman–Crippen MR) is 221 cm³/mol. The van der Waals surface area contributed by atoms with Gasteiger partial charge in [0.2, 0.25) is 0 Å². The molecule has 0 saturated heterocycles. The number of nitrogen functional groups attached to an aromatic ring is 2. The van der Waals surface area contributed by atoms with Crippen LogP contribution in [0.15, 0.2) is 206 Å². The Morgan fingerprint density at radius 2 is 0.577 bits per heavy atom. The van der Waals surface area contributed by atoms with Crippen LogP contribution in [-0.4, -0.2) is 0 Å². The molecule has 0 spiro atoms.